The van der Waals surface area contributed by atoms with Crippen molar-refractivity contribution < 1.29 is 4.79 Å². The summed E-state index contributed by atoms with van der Waals surface area (Å²) in [6.45, 7) is 3.10. The summed E-state index contributed by atoms with van der Waals surface area (Å²) in [6, 6.07) is 5.61. The van der Waals surface area contributed by atoms with Gasteiger partial charge in [0.05, 0.1) is 11.7 Å². The number of aromatic amines is 1. The number of hydrogen-bond acceptors (Lipinski definition) is 3. The van der Waals surface area contributed by atoms with Crippen molar-refractivity contribution in [2.75, 3.05) is 6.54 Å². The summed E-state index contributed by atoms with van der Waals surface area (Å²) in [5.74, 6) is 0.395. The minimum Gasteiger partial charge on any atom is -0.336 e. The lowest BCUT2D eigenvalue weighted by Crippen LogP contribution is -2.44. The first-order valence-corrected chi connectivity index (χ1v) is 6.22. The molecule has 2 unspecified atom stereocenters. The fourth-order valence-electron chi connectivity index (χ4n) is 2.40. The Bertz CT molecular complexity index is 577. The Morgan fingerprint density at radius 2 is 2.39 bits per heavy atom. The highest BCUT2D eigenvalue weighted by Crippen LogP contribution is 2.17. The molecule has 1 aromatic carbocycles. The number of aromatic nitrogens is 2. The quantitative estimate of drug-likeness (QED) is 0.744. The Morgan fingerprint density at radius 3 is 3.17 bits per heavy atom. The van der Waals surface area contributed by atoms with E-state index < -0.39 is 0 Å². The van der Waals surface area contributed by atoms with Gasteiger partial charge in [-0.2, -0.15) is 5.10 Å². The molecule has 1 aromatic heterocycles. The Labute approximate surface area is 105 Å². The smallest absolute Gasteiger partial charge is 0.254 e. The van der Waals surface area contributed by atoms with E-state index in [2.05, 4.69) is 27.8 Å². The van der Waals surface area contributed by atoms with Crippen LogP contribution in [0.4, 0.5) is 0 Å². The molecule has 0 bridgehead atoms. The monoisotopic (exact) mass is 244 g/mol. The molecule has 1 aliphatic rings. The summed E-state index contributed by atoms with van der Waals surface area (Å²) in [5.41, 5.74) is 1.34. The highest BCUT2D eigenvalue weighted by molar-refractivity contribution is 6.05. The van der Waals surface area contributed by atoms with E-state index in [1.165, 1.54) is 0 Å². The third-order valence-electron chi connectivity index (χ3n) is 3.53. The lowest BCUT2D eigenvalue weighted by molar-refractivity contribution is 0.0926. The van der Waals surface area contributed by atoms with Crippen molar-refractivity contribution in [3.05, 3.63) is 30.0 Å². The molecule has 0 spiro atoms. The first-order valence-electron chi connectivity index (χ1n) is 6.22. The van der Waals surface area contributed by atoms with E-state index in [0.717, 1.165) is 23.9 Å². The van der Waals surface area contributed by atoms with E-state index in [1.807, 2.05) is 12.1 Å². The number of fused-ring (bicyclic) bond motifs is 1. The molecule has 2 atom stereocenters. The van der Waals surface area contributed by atoms with E-state index in [4.69, 9.17) is 0 Å². The summed E-state index contributed by atoms with van der Waals surface area (Å²) in [4.78, 5) is 12.3. The fourth-order valence-corrected chi connectivity index (χ4v) is 2.40. The number of benzene rings is 1. The SMILES string of the molecule is CC1CCNC1NC(=O)c1cccc2c[nH]nc12. The fraction of sp³-hybridized carbons (Fsp3) is 0.385. The van der Waals surface area contributed by atoms with Gasteiger partial charge in [0.2, 0.25) is 0 Å². The summed E-state index contributed by atoms with van der Waals surface area (Å²) in [7, 11) is 0. The van der Waals surface area contributed by atoms with Gasteiger partial charge in [-0.1, -0.05) is 19.1 Å². The van der Waals surface area contributed by atoms with Gasteiger partial charge in [0.15, 0.2) is 0 Å². The Balaban J connectivity index is 1.85. The van der Waals surface area contributed by atoms with Crippen LogP contribution in [0.25, 0.3) is 10.9 Å². The van der Waals surface area contributed by atoms with Crippen LogP contribution in [-0.4, -0.2) is 28.8 Å². The van der Waals surface area contributed by atoms with Gasteiger partial charge in [-0.15, -0.1) is 0 Å². The number of rotatable bonds is 2. The van der Waals surface area contributed by atoms with Crippen LogP contribution in [0.5, 0.6) is 0 Å². The zero-order valence-electron chi connectivity index (χ0n) is 10.2. The van der Waals surface area contributed by atoms with Crippen LogP contribution in [-0.2, 0) is 0 Å². The second-order valence-electron chi connectivity index (χ2n) is 4.80. The van der Waals surface area contributed by atoms with E-state index >= 15 is 0 Å². The number of carbonyl (C=O) groups is 1. The minimum absolute atomic E-state index is 0.0618. The largest absolute Gasteiger partial charge is 0.336 e. The molecule has 0 saturated carbocycles. The summed E-state index contributed by atoms with van der Waals surface area (Å²) >= 11 is 0. The summed E-state index contributed by atoms with van der Waals surface area (Å²) < 4.78 is 0. The van der Waals surface area contributed by atoms with Crippen molar-refractivity contribution >= 4 is 16.8 Å². The molecule has 94 valence electrons. The average Bonchev–Trinajstić information content (AvgIpc) is 2.98. The van der Waals surface area contributed by atoms with Crippen molar-refractivity contribution in [3.8, 4) is 0 Å². The molecule has 5 nitrogen and oxygen atoms in total. The predicted molar refractivity (Wildman–Crippen MR) is 69.1 cm³/mol. The molecule has 5 heteroatoms. The number of nitrogens with zero attached hydrogens (tertiary/aromatic N) is 1. The Kier molecular flexibility index (Phi) is 2.76. The molecular formula is C13H16N4O. The standard InChI is InChI=1S/C13H16N4O/c1-8-5-6-14-12(8)16-13(18)10-4-2-3-9-7-15-17-11(9)10/h2-4,7-8,12,14H,5-6H2,1H3,(H,15,17)(H,16,18). The second-order valence-corrected chi connectivity index (χ2v) is 4.80. The number of nitrogens with one attached hydrogen (secondary N) is 3. The highest BCUT2D eigenvalue weighted by atomic mass is 16.1. The van der Waals surface area contributed by atoms with Gasteiger partial charge in [0.1, 0.15) is 5.52 Å². The number of hydrogen-bond donors (Lipinski definition) is 3. The zero-order valence-corrected chi connectivity index (χ0v) is 10.2. The van der Waals surface area contributed by atoms with Crippen LogP contribution in [0.1, 0.15) is 23.7 Å². The molecular weight excluding hydrogens is 228 g/mol. The van der Waals surface area contributed by atoms with Gasteiger partial charge in [-0.05, 0) is 24.9 Å². The summed E-state index contributed by atoms with van der Waals surface area (Å²) in [6.07, 6.45) is 2.95. The van der Waals surface area contributed by atoms with Gasteiger partial charge in [-0.25, -0.2) is 0 Å². The van der Waals surface area contributed by atoms with Crippen molar-refractivity contribution in [1.82, 2.24) is 20.8 Å². The number of amides is 1. The molecule has 2 aromatic rings. The number of H-pyrrole nitrogens is 1. The maximum Gasteiger partial charge on any atom is 0.254 e. The maximum absolute atomic E-state index is 12.3. The lowest BCUT2D eigenvalue weighted by Gasteiger charge is -2.17. The maximum atomic E-state index is 12.3. The first kappa shape index (κ1) is 11.2. The number of para-hydroxylation sites is 1. The molecule has 18 heavy (non-hydrogen) atoms. The molecule has 1 fully saturated rings. The van der Waals surface area contributed by atoms with Crippen LogP contribution in [0.2, 0.25) is 0 Å². The third-order valence-corrected chi connectivity index (χ3v) is 3.53. The molecule has 1 aliphatic heterocycles. The highest BCUT2D eigenvalue weighted by Gasteiger charge is 2.25. The molecule has 1 amide bonds. The average molecular weight is 244 g/mol. The third kappa shape index (κ3) is 1.86. The summed E-state index contributed by atoms with van der Waals surface area (Å²) in [5, 5.41) is 14.2. The molecule has 0 aliphatic carbocycles. The second kappa shape index (κ2) is 4.42. The zero-order chi connectivity index (χ0) is 12.5. The Morgan fingerprint density at radius 1 is 1.50 bits per heavy atom. The van der Waals surface area contributed by atoms with Crippen LogP contribution in [0.3, 0.4) is 0 Å². The van der Waals surface area contributed by atoms with Crippen molar-refractivity contribution in [1.29, 1.82) is 0 Å². The van der Waals surface area contributed by atoms with Gasteiger partial charge in [-0.3, -0.25) is 15.2 Å². The normalized spacial score (nSPS) is 23.4. The molecule has 3 rings (SSSR count). The number of carbonyl (C=O) groups excluding carboxylic acids is 1. The van der Waals surface area contributed by atoms with Crippen LogP contribution in [0.15, 0.2) is 24.4 Å². The van der Waals surface area contributed by atoms with E-state index in [9.17, 15) is 4.79 Å². The van der Waals surface area contributed by atoms with Crippen molar-refractivity contribution in [2.24, 2.45) is 5.92 Å². The van der Waals surface area contributed by atoms with E-state index in [-0.39, 0.29) is 12.1 Å². The van der Waals surface area contributed by atoms with Gasteiger partial charge >= 0.3 is 0 Å². The van der Waals surface area contributed by atoms with Gasteiger partial charge in [0, 0.05) is 11.6 Å². The van der Waals surface area contributed by atoms with E-state index in [1.54, 1.807) is 12.3 Å². The molecule has 3 N–H and O–H groups in total. The van der Waals surface area contributed by atoms with Crippen LogP contribution >= 0.6 is 0 Å². The van der Waals surface area contributed by atoms with Crippen LogP contribution in [0, 0.1) is 5.92 Å². The lowest BCUT2D eigenvalue weighted by atomic mass is 10.1. The minimum atomic E-state index is -0.0704. The predicted octanol–water partition coefficient (Wildman–Crippen LogP) is 1.25. The van der Waals surface area contributed by atoms with Crippen molar-refractivity contribution in [2.45, 2.75) is 19.5 Å². The van der Waals surface area contributed by atoms with Gasteiger partial charge < -0.3 is 5.32 Å². The Hall–Kier alpha value is -1.88. The van der Waals surface area contributed by atoms with E-state index in [0.29, 0.717) is 11.5 Å². The van der Waals surface area contributed by atoms with Crippen LogP contribution < -0.4 is 10.6 Å². The van der Waals surface area contributed by atoms with Crippen molar-refractivity contribution in [3.63, 3.8) is 0 Å². The van der Waals surface area contributed by atoms with Gasteiger partial charge in [0.25, 0.3) is 5.91 Å². The first-order chi connectivity index (χ1) is 8.75. The molecule has 2 heterocycles. The molecule has 1 saturated heterocycles. The topological polar surface area (TPSA) is 69.8 Å². The molecule has 0 radical (unpaired) electrons.